The van der Waals surface area contributed by atoms with Gasteiger partial charge in [0.25, 0.3) is 0 Å². The van der Waals surface area contributed by atoms with Crippen LogP contribution < -0.4 is 5.32 Å². The Kier molecular flexibility index (Phi) is 7.11. The number of hydrogen-bond donors (Lipinski definition) is 2. The lowest BCUT2D eigenvalue weighted by atomic mass is 9.94. The molecule has 1 amide bonds. The Hall–Kier alpha value is -1.59. The first-order chi connectivity index (χ1) is 8.70. The van der Waals surface area contributed by atoms with E-state index >= 15 is 0 Å². The highest BCUT2D eigenvalue weighted by Gasteiger charge is 2.29. The van der Waals surface area contributed by atoms with E-state index in [-0.39, 0.29) is 5.92 Å². The smallest absolute Gasteiger partial charge is 0.328 e. The van der Waals surface area contributed by atoms with Crippen molar-refractivity contribution >= 4 is 17.8 Å². The number of aliphatic carboxylic acids is 1. The van der Waals surface area contributed by atoms with Crippen LogP contribution in [0.25, 0.3) is 0 Å². The molecule has 3 atom stereocenters. The number of nitrogens with one attached hydrogen (secondary N) is 1. The second-order valence-electron chi connectivity index (χ2n) is 5.13. The van der Waals surface area contributed by atoms with Crippen molar-refractivity contribution in [3.05, 3.63) is 0 Å². The van der Waals surface area contributed by atoms with E-state index in [1.165, 1.54) is 21.0 Å². The minimum atomic E-state index is -1.04. The quantitative estimate of drug-likeness (QED) is 0.676. The Morgan fingerprint density at radius 1 is 1.11 bits per heavy atom. The Morgan fingerprint density at radius 3 is 2.00 bits per heavy atom. The van der Waals surface area contributed by atoms with E-state index in [4.69, 9.17) is 5.11 Å². The number of hydrogen-bond acceptors (Lipinski definition) is 4. The molecule has 0 aromatic heterocycles. The lowest BCUT2D eigenvalue weighted by Crippen LogP contribution is -2.46. The van der Waals surface area contributed by atoms with Crippen LogP contribution in [0.1, 0.15) is 34.1 Å². The number of rotatable bonds is 7. The molecule has 0 aliphatic carbocycles. The largest absolute Gasteiger partial charge is 0.481 e. The van der Waals surface area contributed by atoms with Gasteiger partial charge in [-0.05, 0) is 12.3 Å². The first kappa shape index (κ1) is 17.4. The fourth-order valence-electron chi connectivity index (χ4n) is 1.57. The summed E-state index contributed by atoms with van der Waals surface area (Å²) >= 11 is 0. The van der Waals surface area contributed by atoms with Crippen molar-refractivity contribution in [2.75, 3.05) is 7.11 Å². The average Bonchev–Trinajstić information content (AvgIpc) is 2.34. The minimum absolute atomic E-state index is 0.205. The van der Waals surface area contributed by atoms with Crippen molar-refractivity contribution in [3.63, 3.8) is 0 Å². The molecule has 0 saturated carbocycles. The summed E-state index contributed by atoms with van der Waals surface area (Å²) in [5, 5.41) is 11.4. The molecule has 3 unspecified atom stereocenters. The summed E-state index contributed by atoms with van der Waals surface area (Å²) in [6.07, 6.45) is 0.451. The number of ether oxygens (including phenoxy) is 1. The van der Waals surface area contributed by atoms with Gasteiger partial charge in [0.2, 0.25) is 5.91 Å². The van der Waals surface area contributed by atoms with Gasteiger partial charge in [-0.2, -0.15) is 0 Å². The number of carbonyl (C=O) groups is 3. The fraction of sp³-hybridized carbons (Fsp3) is 0.769. The van der Waals surface area contributed by atoms with E-state index in [1.807, 2.05) is 13.8 Å². The Labute approximate surface area is 113 Å². The van der Waals surface area contributed by atoms with E-state index in [2.05, 4.69) is 10.1 Å². The van der Waals surface area contributed by atoms with Crippen LogP contribution >= 0.6 is 0 Å². The predicted molar refractivity (Wildman–Crippen MR) is 69.4 cm³/mol. The van der Waals surface area contributed by atoms with Crippen LogP contribution in [0.2, 0.25) is 0 Å². The van der Waals surface area contributed by atoms with E-state index < -0.39 is 35.7 Å². The Morgan fingerprint density at radius 2 is 1.63 bits per heavy atom. The number of carbonyl (C=O) groups excluding carboxylic acids is 2. The number of amides is 1. The molecule has 6 heteroatoms. The molecular formula is C13H23NO5. The zero-order valence-electron chi connectivity index (χ0n) is 12.1. The lowest BCUT2D eigenvalue weighted by Gasteiger charge is -2.22. The van der Waals surface area contributed by atoms with Crippen LogP contribution in [0.15, 0.2) is 0 Å². The average molecular weight is 273 g/mol. The highest BCUT2D eigenvalue weighted by molar-refractivity contribution is 5.88. The maximum absolute atomic E-state index is 11.9. The van der Waals surface area contributed by atoms with Crippen molar-refractivity contribution in [3.8, 4) is 0 Å². The summed E-state index contributed by atoms with van der Waals surface area (Å²) in [5.41, 5.74) is 0. The summed E-state index contributed by atoms with van der Waals surface area (Å²) in [4.78, 5) is 34.3. The number of esters is 1. The van der Waals surface area contributed by atoms with Gasteiger partial charge in [-0.1, -0.05) is 27.7 Å². The summed E-state index contributed by atoms with van der Waals surface area (Å²) in [5.74, 6) is -3.32. The molecule has 0 aliphatic heterocycles. The molecule has 0 radical (unpaired) electrons. The molecule has 0 rings (SSSR count). The summed E-state index contributed by atoms with van der Waals surface area (Å²) in [7, 11) is 1.26. The third-order valence-electron chi connectivity index (χ3n) is 3.06. The van der Waals surface area contributed by atoms with Gasteiger partial charge in [0.1, 0.15) is 6.04 Å². The van der Waals surface area contributed by atoms with Gasteiger partial charge >= 0.3 is 11.9 Å². The maximum Gasteiger partial charge on any atom is 0.328 e. The fourth-order valence-corrected chi connectivity index (χ4v) is 1.57. The van der Waals surface area contributed by atoms with Crippen LogP contribution in [-0.4, -0.2) is 36.1 Å². The van der Waals surface area contributed by atoms with Crippen LogP contribution in [0.3, 0.4) is 0 Å². The Bertz CT molecular complexity index is 340. The van der Waals surface area contributed by atoms with E-state index in [0.717, 1.165) is 0 Å². The van der Waals surface area contributed by atoms with Crippen LogP contribution in [0.5, 0.6) is 0 Å². The summed E-state index contributed by atoms with van der Waals surface area (Å²) in [6.45, 7) is 6.83. The maximum atomic E-state index is 11.9. The van der Waals surface area contributed by atoms with Gasteiger partial charge in [-0.3, -0.25) is 9.59 Å². The van der Waals surface area contributed by atoms with Crippen molar-refractivity contribution in [1.82, 2.24) is 5.32 Å². The zero-order valence-corrected chi connectivity index (χ0v) is 12.1. The number of methoxy groups -OCH3 is 1. The monoisotopic (exact) mass is 273 g/mol. The second kappa shape index (κ2) is 7.76. The highest BCUT2D eigenvalue weighted by Crippen LogP contribution is 2.13. The molecule has 0 fully saturated rings. The van der Waals surface area contributed by atoms with Crippen LogP contribution in [-0.2, 0) is 19.1 Å². The normalized spacial score (nSPS) is 15.5. The standard InChI is InChI=1S/C13H23NO5/c1-7(2)6-10(13(18)19-5)14-11(15)8(3)9(4)12(16)17/h7-10H,6H2,1-5H3,(H,14,15)(H,16,17). The number of carboxylic acid groups (broad SMARTS) is 1. The summed E-state index contributed by atoms with van der Waals surface area (Å²) < 4.78 is 4.63. The molecular weight excluding hydrogens is 250 g/mol. The molecule has 0 aliphatic rings. The first-order valence-electron chi connectivity index (χ1n) is 6.31. The van der Waals surface area contributed by atoms with Gasteiger partial charge < -0.3 is 15.2 Å². The Balaban J connectivity index is 4.70. The SMILES string of the molecule is COC(=O)C(CC(C)C)NC(=O)C(C)C(C)C(=O)O. The second-order valence-corrected chi connectivity index (χ2v) is 5.13. The molecule has 0 spiro atoms. The van der Waals surface area contributed by atoms with Gasteiger partial charge in [-0.15, -0.1) is 0 Å². The number of carboxylic acids is 1. The molecule has 19 heavy (non-hydrogen) atoms. The molecule has 0 heterocycles. The molecule has 0 bridgehead atoms. The minimum Gasteiger partial charge on any atom is -0.481 e. The van der Waals surface area contributed by atoms with Gasteiger partial charge in [0, 0.05) is 5.92 Å². The van der Waals surface area contributed by atoms with E-state index in [9.17, 15) is 14.4 Å². The zero-order chi connectivity index (χ0) is 15.2. The van der Waals surface area contributed by atoms with Gasteiger partial charge in [0.15, 0.2) is 0 Å². The molecule has 0 aromatic rings. The van der Waals surface area contributed by atoms with Crippen LogP contribution in [0.4, 0.5) is 0 Å². The molecule has 0 saturated heterocycles. The molecule has 6 nitrogen and oxygen atoms in total. The van der Waals surface area contributed by atoms with Crippen molar-refractivity contribution in [2.45, 2.75) is 40.2 Å². The van der Waals surface area contributed by atoms with Gasteiger partial charge in [-0.25, -0.2) is 4.79 Å². The van der Waals surface area contributed by atoms with Crippen molar-refractivity contribution in [2.24, 2.45) is 17.8 Å². The molecule has 110 valence electrons. The van der Waals surface area contributed by atoms with Crippen LogP contribution in [0, 0.1) is 17.8 Å². The third kappa shape index (κ3) is 5.72. The lowest BCUT2D eigenvalue weighted by molar-refractivity contribution is -0.148. The highest BCUT2D eigenvalue weighted by atomic mass is 16.5. The third-order valence-corrected chi connectivity index (χ3v) is 3.06. The first-order valence-corrected chi connectivity index (χ1v) is 6.31. The summed E-state index contributed by atoms with van der Waals surface area (Å²) in [6, 6.07) is -0.735. The molecule has 0 aromatic carbocycles. The van der Waals surface area contributed by atoms with E-state index in [0.29, 0.717) is 6.42 Å². The van der Waals surface area contributed by atoms with Crippen molar-refractivity contribution in [1.29, 1.82) is 0 Å². The predicted octanol–water partition coefficient (Wildman–Crippen LogP) is 1.05. The topological polar surface area (TPSA) is 92.7 Å². The molecule has 2 N–H and O–H groups in total. The van der Waals surface area contributed by atoms with Gasteiger partial charge in [0.05, 0.1) is 13.0 Å². The van der Waals surface area contributed by atoms with E-state index in [1.54, 1.807) is 0 Å². The van der Waals surface area contributed by atoms with Crippen molar-refractivity contribution < 1.29 is 24.2 Å².